The average Bonchev–Trinajstić information content (AvgIpc) is 2.75. The molecule has 1 heterocycles. The molecule has 0 bridgehead atoms. The third kappa shape index (κ3) is 2.60. The van der Waals surface area contributed by atoms with Crippen LogP contribution in [0.25, 0.3) is 0 Å². The maximum atomic E-state index is 11.9. The van der Waals surface area contributed by atoms with Crippen LogP contribution in [0.4, 0.5) is 0 Å². The van der Waals surface area contributed by atoms with Gasteiger partial charge in [-0.15, -0.1) is 11.3 Å². The van der Waals surface area contributed by atoms with E-state index in [1.165, 1.54) is 11.3 Å². The summed E-state index contributed by atoms with van der Waals surface area (Å²) in [5.41, 5.74) is 5.90. The lowest BCUT2D eigenvalue weighted by molar-refractivity contribution is 0.0956. The number of carbonyl (C=O) groups excluding carboxylic acids is 1. The molecule has 0 spiro atoms. The molecule has 1 aromatic rings. The smallest absolute Gasteiger partial charge is 0.174 e. The molecule has 0 aromatic carbocycles. The Kier molecular flexibility index (Phi) is 3.14. The van der Waals surface area contributed by atoms with Gasteiger partial charge in [0, 0.05) is 12.0 Å². The quantitative estimate of drug-likeness (QED) is 0.829. The summed E-state index contributed by atoms with van der Waals surface area (Å²) in [6.45, 7) is 0. The van der Waals surface area contributed by atoms with Gasteiger partial charge in [0.15, 0.2) is 5.78 Å². The Bertz CT molecular complexity index is 368. The van der Waals surface area contributed by atoms with Gasteiger partial charge in [-0.1, -0.05) is 24.4 Å². The number of ketones is 1. The Morgan fingerprint density at radius 1 is 1.47 bits per heavy atom. The SMILES string of the molecule is NC1(CC(=O)c2ccc(Cl)s2)CCCC1. The molecule has 1 aromatic heterocycles. The van der Waals surface area contributed by atoms with Crippen LogP contribution < -0.4 is 5.73 Å². The summed E-state index contributed by atoms with van der Waals surface area (Å²) in [6.07, 6.45) is 4.70. The van der Waals surface area contributed by atoms with E-state index in [0.29, 0.717) is 10.8 Å². The van der Waals surface area contributed by atoms with Gasteiger partial charge < -0.3 is 5.73 Å². The molecule has 0 aliphatic heterocycles. The zero-order valence-corrected chi connectivity index (χ0v) is 10.0. The highest BCUT2D eigenvalue weighted by Crippen LogP contribution is 2.32. The van der Waals surface area contributed by atoms with Crippen LogP contribution in [0.2, 0.25) is 4.34 Å². The van der Waals surface area contributed by atoms with Gasteiger partial charge in [0.25, 0.3) is 0 Å². The van der Waals surface area contributed by atoms with Gasteiger partial charge in [0.2, 0.25) is 0 Å². The van der Waals surface area contributed by atoms with E-state index < -0.39 is 0 Å². The first-order valence-electron chi connectivity index (χ1n) is 5.16. The van der Waals surface area contributed by atoms with Crippen LogP contribution in [-0.4, -0.2) is 11.3 Å². The van der Waals surface area contributed by atoms with E-state index >= 15 is 0 Å². The molecule has 2 N–H and O–H groups in total. The van der Waals surface area contributed by atoms with Crippen molar-refractivity contribution in [3.05, 3.63) is 21.3 Å². The lowest BCUT2D eigenvalue weighted by atomic mass is 9.92. The highest BCUT2D eigenvalue weighted by molar-refractivity contribution is 7.18. The second-order valence-corrected chi connectivity index (χ2v) is 5.99. The predicted octanol–water partition coefficient (Wildman–Crippen LogP) is 3.25. The zero-order chi connectivity index (χ0) is 10.9. The van der Waals surface area contributed by atoms with Crippen molar-refractivity contribution in [2.45, 2.75) is 37.6 Å². The number of halogens is 1. The third-order valence-electron chi connectivity index (χ3n) is 2.96. The van der Waals surface area contributed by atoms with Crippen LogP contribution in [0.3, 0.4) is 0 Å². The molecule has 1 saturated carbocycles. The summed E-state index contributed by atoms with van der Waals surface area (Å²) in [7, 11) is 0. The van der Waals surface area contributed by atoms with Crippen LogP contribution in [0.15, 0.2) is 12.1 Å². The lowest BCUT2D eigenvalue weighted by Gasteiger charge is -2.21. The van der Waals surface area contributed by atoms with E-state index in [1.54, 1.807) is 12.1 Å². The van der Waals surface area contributed by atoms with Crippen LogP contribution in [0.1, 0.15) is 41.8 Å². The standard InChI is InChI=1S/C11H14ClNOS/c12-10-4-3-9(15-10)8(14)7-11(13)5-1-2-6-11/h3-4H,1-2,5-7,13H2. The van der Waals surface area contributed by atoms with Gasteiger partial charge in [-0.25, -0.2) is 0 Å². The predicted molar refractivity (Wildman–Crippen MR) is 63.7 cm³/mol. The van der Waals surface area contributed by atoms with E-state index in [2.05, 4.69) is 0 Å². The van der Waals surface area contributed by atoms with E-state index in [-0.39, 0.29) is 11.3 Å². The van der Waals surface area contributed by atoms with Gasteiger partial charge in [0.1, 0.15) is 0 Å². The molecule has 1 aliphatic carbocycles. The normalized spacial score (nSPS) is 19.3. The van der Waals surface area contributed by atoms with Crippen molar-refractivity contribution in [3.8, 4) is 0 Å². The molecule has 0 radical (unpaired) electrons. The molecule has 2 nitrogen and oxygen atoms in total. The number of hydrogen-bond donors (Lipinski definition) is 1. The van der Waals surface area contributed by atoms with Crippen LogP contribution >= 0.6 is 22.9 Å². The first-order valence-corrected chi connectivity index (χ1v) is 6.36. The van der Waals surface area contributed by atoms with Crippen molar-refractivity contribution in [2.24, 2.45) is 5.73 Å². The Morgan fingerprint density at radius 2 is 2.13 bits per heavy atom. The molecule has 0 amide bonds. The highest BCUT2D eigenvalue weighted by atomic mass is 35.5. The highest BCUT2D eigenvalue weighted by Gasteiger charge is 2.32. The summed E-state index contributed by atoms with van der Waals surface area (Å²) in [5, 5.41) is 0. The Morgan fingerprint density at radius 3 is 2.67 bits per heavy atom. The van der Waals surface area contributed by atoms with Gasteiger partial charge in [-0.3, -0.25) is 4.79 Å². The number of thiophene rings is 1. The fourth-order valence-corrected chi connectivity index (χ4v) is 3.11. The zero-order valence-electron chi connectivity index (χ0n) is 8.46. The van der Waals surface area contributed by atoms with Crippen LogP contribution in [-0.2, 0) is 0 Å². The van der Waals surface area contributed by atoms with Crippen molar-refractivity contribution in [1.82, 2.24) is 0 Å². The Labute approximate surface area is 98.4 Å². The van der Waals surface area contributed by atoms with Crippen LogP contribution in [0, 0.1) is 0 Å². The van der Waals surface area contributed by atoms with Crippen molar-refractivity contribution in [2.75, 3.05) is 0 Å². The number of Topliss-reactive ketones (excluding diaryl/α,β-unsaturated/α-hetero) is 1. The minimum absolute atomic E-state index is 0.135. The van der Waals surface area contributed by atoms with E-state index in [0.717, 1.165) is 30.6 Å². The largest absolute Gasteiger partial charge is 0.325 e. The topological polar surface area (TPSA) is 43.1 Å². The third-order valence-corrected chi connectivity index (χ3v) is 4.23. The maximum absolute atomic E-state index is 11.9. The molecule has 2 rings (SSSR count). The lowest BCUT2D eigenvalue weighted by Crippen LogP contribution is -2.38. The number of hydrogen-bond acceptors (Lipinski definition) is 3. The fourth-order valence-electron chi connectivity index (χ4n) is 2.13. The minimum atomic E-state index is -0.256. The van der Waals surface area contributed by atoms with Crippen molar-refractivity contribution < 1.29 is 4.79 Å². The second-order valence-electron chi connectivity index (χ2n) is 4.27. The van der Waals surface area contributed by atoms with Gasteiger partial charge in [-0.2, -0.15) is 0 Å². The second kappa shape index (κ2) is 4.24. The number of rotatable bonds is 3. The van der Waals surface area contributed by atoms with Gasteiger partial charge in [-0.05, 0) is 25.0 Å². The van der Waals surface area contributed by atoms with Crippen molar-refractivity contribution >= 4 is 28.7 Å². The summed E-state index contributed by atoms with van der Waals surface area (Å²) in [5.74, 6) is 0.135. The number of nitrogens with two attached hydrogens (primary N) is 1. The molecule has 0 atom stereocenters. The molecule has 15 heavy (non-hydrogen) atoms. The summed E-state index contributed by atoms with van der Waals surface area (Å²) in [6, 6.07) is 3.55. The summed E-state index contributed by atoms with van der Waals surface area (Å²) >= 11 is 7.13. The van der Waals surface area contributed by atoms with Crippen LogP contribution in [0.5, 0.6) is 0 Å². The summed E-state index contributed by atoms with van der Waals surface area (Å²) in [4.78, 5) is 12.6. The molecule has 1 aliphatic rings. The molecular formula is C11H14ClNOS. The Hall–Kier alpha value is -0.380. The van der Waals surface area contributed by atoms with Crippen molar-refractivity contribution in [3.63, 3.8) is 0 Å². The Balaban J connectivity index is 2.03. The first kappa shape index (κ1) is 11.1. The molecule has 4 heteroatoms. The minimum Gasteiger partial charge on any atom is -0.325 e. The molecule has 1 fully saturated rings. The monoisotopic (exact) mass is 243 g/mol. The molecule has 0 saturated heterocycles. The first-order chi connectivity index (χ1) is 7.09. The molecular weight excluding hydrogens is 230 g/mol. The average molecular weight is 244 g/mol. The van der Waals surface area contributed by atoms with E-state index in [4.69, 9.17) is 17.3 Å². The fraction of sp³-hybridized carbons (Fsp3) is 0.545. The van der Waals surface area contributed by atoms with Gasteiger partial charge in [0.05, 0.1) is 9.21 Å². The van der Waals surface area contributed by atoms with Gasteiger partial charge >= 0.3 is 0 Å². The molecule has 82 valence electrons. The molecule has 0 unspecified atom stereocenters. The maximum Gasteiger partial charge on any atom is 0.174 e. The number of carbonyl (C=O) groups is 1. The van der Waals surface area contributed by atoms with Crippen molar-refractivity contribution in [1.29, 1.82) is 0 Å². The summed E-state index contributed by atoms with van der Waals surface area (Å²) < 4.78 is 0.663. The van der Waals surface area contributed by atoms with E-state index in [9.17, 15) is 4.79 Å². The van der Waals surface area contributed by atoms with E-state index in [1.807, 2.05) is 0 Å².